The van der Waals surface area contributed by atoms with Gasteiger partial charge in [0.25, 0.3) is 0 Å². The second-order valence-corrected chi connectivity index (χ2v) is 9.74. The Morgan fingerprint density at radius 3 is 2.63 bits per heavy atom. The van der Waals surface area contributed by atoms with E-state index in [0.29, 0.717) is 41.2 Å². The number of ether oxygens (including phenoxy) is 1. The molecule has 0 aliphatic carbocycles. The van der Waals surface area contributed by atoms with Crippen molar-refractivity contribution >= 4 is 22.5 Å². The minimum atomic E-state index is -1.07. The van der Waals surface area contributed by atoms with Crippen LogP contribution in [0.1, 0.15) is 35.4 Å². The van der Waals surface area contributed by atoms with E-state index in [1.165, 1.54) is 17.7 Å². The largest absolute Gasteiger partial charge is 0.481 e. The van der Waals surface area contributed by atoms with E-state index in [0.717, 1.165) is 17.5 Å². The van der Waals surface area contributed by atoms with Crippen molar-refractivity contribution in [1.82, 2.24) is 10.3 Å². The van der Waals surface area contributed by atoms with Crippen molar-refractivity contribution in [2.24, 2.45) is 0 Å². The molecule has 35 heavy (non-hydrogen) atoms. The second kappa shape index (κ2) is 9.94. The van der Waals surface area contributed by atoms with E-state index in [4.69, 9.17) is 16.3 Å². The predicted octanol–water partition coefficient (Wildman–Crippen LogP) is 5.89. The number of nitrogens with zero attached hydrogens (tertiary/aromatic N) is 1. The Labute approximate surface area is 209 Å². The maximum Gasteiger partial charge on any atom is 0.217 e. The zero-order valence-electron chi connectivity index (χ0n) is 19.5. The first-order valence-electron chi connectivity index (χ1n) is 11.8. The van der Waals surface area contributed by atoms with Gasteiger partial charge in [-0.15, -0.1) is 0 Å². The summed E-state index contributed by atoms with van der Waals surface area (Å²) in [7, 11) is 1.57. The van der Waals surface area contributed by atoms with E-state index in [9.17, 15) is 9.50 Å². The Morgan fingerprint density at radius 1 is 1.11 bits per heavy atom. The van der Waals surface area contributed by atoms with Gasteiger partial charge in [-0.1, -0.05) is 54.1 Å². The Kier molecular flexibility index (Phi) is 6.74. The predicted molar refractivity (Wildman–Crippen MR) is 138 cm³/mol. The van der Waals surface area contributed by atoms with Crippen LogP contribution in [0.15, 0.2) is 78.9 Å². The molecule has 180 valence electrons. The molecular formula is C29H28ClFN2O2. The van der Waals surface area contributed by atoms with Gasteiger partial charge in [-0.05, 0) is 73.3 Å². The van der Waals surface area contributed by atoms with Gasteiger partial charge < -0.3 is 15.2 Å². The van der Waals surface area contributed by atoms with E-state index in [1.807, 2.05) is 48.5 Å². The number of rotatable bonds is 6. The minimum absolute atomic E-state index is 0.0998. The zero-order chi connectivity index (χ0) is 24.4. The summed E-state index contributed by atoms with van der Waals surface area (Å²) in [6.45, 7) is 0.677. The van der Waals surface area contributed by atoms with Crippen LogP contribution in [0.25, 0.3) is 10.9 Å². The van der Waals surface area contributed by atoms with Gasteiger partial charge in [0.1, 0.15) is 5.82 Å². The van der Waals surface area contributed by atoms with E-state index in [1.54, 1.807) is 13.2 Å². The highest BCUT2D eigenvalue weighted by molar-refractivity contribution is 6.30. The van der Waals surface area contributed by atoms with E-state index >= 15 is 0 Å². The van der Waals surface area contributed by atoms with Crippen molar-refractivity contribution < 1.29 is 14.2 Å². The summed E-state index contributed by atoms with van der Waals surface area (Å²) >= 11 is 6.20. The van der Waals surface area contributed by atoms with Crippen LogP contribution < -0.4 is 10.1 Å². The van der Waals surface area contributed by atoms with Crippen LogP contribution in [0.5, 0.6) is 5.88 Å². The number of halogens is 2. The minimum Gasteiger partial charge on any atom is -0.481 e. The first-order chi connectivity index (χ1) is 16.9. The number of fused-ring (bicyclic) bond motifs is 1. The molecule has 1 aromatic heterocycles. The molecule has 3 aromatic carbocycles. The first kappa shape index (κ1) is 23.7. The number of hydrogen-bond donors (Lipinski definition) is 2. The molecule has 2 N–H and O–H groups in total. The first-order valence-corrected chi connectivity index (χ1v) is 12.2. The van der Waals surface area contributed by atoms with Gasteiger partial charge in [-0.2, -0.15) is 0 Å². The van der Waals surface area contributed by atoms with E-state index < -0.39 is 11.5 Å². The van der Waals surface area contributed by atoms with Crippen LogP contribution in [0.2, 0.25) is 5.02 Å². The molecule has 3 atom stereocenters. The van der Waals surface area contributed by atoms with Crippen LogP contribution in [-0.2, 0) is 6.42 Å². The number of benzene rings is 3. The third kappa shape index (κ3) is 5.03. The molecule has 1 fully saturated rings. The van der Waals surface area contributed by atoms with Gasteiger partial charge in [0.15, 0.2) is 0 Å². The van der Waals surface area contributed by atoms with Gasteiger partial charge in [0, 0.05) is 27.9 Å². The van der Waals surface area contributed by atoms with Crippen LogP contribution >= 0.6 is 11.6 Å². The van der Waals surface area contributed by atoms with Crippen LogP contribution in [0.3, 0.4) is 0 Å². The molecule has 2 heterocycles. The topological polar surface area (TPSA) is 54.4 Å². The molecule has 6 heteroatoms. The maximum absolute atomic E-state index is 14.1. The van der Waals surface area contributed by atoms with Gasteiger partial charge in [-0.25, -0.2) is 9.37 Å². The summed E-state index contributed by atoms with van der Waals surface area (Å²) in [5, 5.41) is 17.1. The lowest BCUT2D eigenvalue weighted by atomic mass is 9.70. The standard InChI is InChI=1S/C29H28ClFN2O2/c1-35-28-25(17-21-16-23(31)11-12-26(21)33-28)27(20-7-9-22(30)10-8-20)29(34)13-14-32-24(18-29)15-19-5-3-2-4-6-19/h2-12,16-17,24,27,32,34H,13-15,18H2,1H3/t24-,27?,29?/m1/s1. The Bertz CT molecular complexity index is 1320. The number of aromatic nitrogens is 1. The van der Waals surface area contributed by atoms with Crippen molar-refractivity contribution in [3.8, 4) is 5.88 Å². The average Bonchev–Trinajstić information content (AvgIpc) is 2.85. The fraction of sp³-hybridized carbons (Fsp3) is 0.276. The van der Waals surface area contributed by atoms with Gasteiger partial charge in [0.05, 0.1) is 18.2 Å². The molecule has 4 aromatic rings. The third-order valence-corrected chi connectivity index (χ3v) is 7.18. The lowest BCUT2D eigenvalue weighted by molar-refractivity contribution is -0.0191. The van der Waals surface area contributed by atoms with Crippen molar-refractivity contribution in [2.45, 2.75) is 36.8 Å². The molecule has 5 rings (SSSR count). The molecule has 0 amide bonds. The molecule has 0 bridgehead atoms. The lowest BCUT2D eigenvalue weighted by Gasteiger charge is -2.43. The van der Waals surface area contributed by atoms with E-state index in [-0.39, 0.29) is 11.9 Å². The smallest absolute Gasteiger partial charge is 0.217 e. The normalized spacial score (nSPS) is 21.1. The average molecular weight is 491 g/mol. The SMILES string of the molecule is COc1nc2ccc(F)cc2cc1C(c1ccc(Cl)cc1)C1(O)CCN[C@H](Cc2ccccc2)C1. The molecule has 1 aliphatic heterocycles. The van der Waals surface area contributed by atoms with Crippen molar-refractivity contribution in [2.75, 3.05) is 13.7 Å². The third-order valence-electron chi connectivity index (χ3n) is 6.93. The molecule has 0 radical (unpaired) electrons. The van der Waals surface area contributed by atoms with Gasteiger partial charge >= 0.3 is 0 Å². The molecule has 0 saturated carbocycles. The maximum atomic E-state index is 14.1. The number of aliphatic hydroxyl groups is 1. The molecule has 1 saturated heterocycles. The second-order valence-electron chi connectivity index (χ2n) is 9.31. The zero-order valence-corrected chi connectivity index (χ0v) is 20.3. The van der Waals surface area contributed by atoms with Crippen molar-refractivity contribution in [1.29, 1.82) is 0 Å². The van der Waals surface area contributed by atoms with Gasteiger partial charge in [0.2, 0.25) is 5.88 Å². The number of hydrogen-bond acceptors (Lipinski definition) is 4. The fourth-order valence-electron chi connectivity index (χ4n) is 5.35. The summed E-state index contributed by atoms with van der Waals surface area (Å²) < 4.78 is 19.8. The summed E-state index contributed by atoms with van der Waals surface area (Å²) in [5.74, 6) is -0.340. The van der Waals surface area contributed by atoms with Crippen LogP contribution in [-0.4, -0.2) is 35.4 Å². The fourth-order valence-corrected chi connectivity index (χ4v) is 5.48. The highest BCUT2D eigenvalue weighted by Gasteiger charge is 2.44. The molecular weight excluding hydrogens is 463 g/mol. The molecule has 4 nitrogen and oxygen atoms in total. The van der Waals surface area contributed by atoms with Crippen LogP contribution in [0.4, 0.5) is 4.39 Å². The number of piperidine rings is 1. The highest BCUT2D eigenvalue weighted by atomic mass is 35.5. The quantitative estimate of drug-likeness (QED) is 0.353. The summed E-state index contributed by atoms with van der Waals surface area (Å²) in [5.41, 5.74) is 2.43. The summed E-state index contributed by atoms with van der Waals surface area (Å²) in [4.78, 5) is 4.67. The Hall–Kier alpha value is -2.99. The number of methoxy groups -OCH3 is 1. The monoisotopic (exact) mass is 490 g/mol. The Morgan fingerprint density at radius 2 is 1.89 bits per heavy atom. The summed E-state index contributed by atoms with van der Waals surface area (Å²) in [6, 6.07) is 24.3. The summed E-state index contributed by atoms with van der Waals surface area (Å²) in [6.07, 6.45) is 1.91. The van der Waals surface area contributed by atoms with Crippen LogP contribution in [0, 0.1) is 5.82 Å². The molecule has 0 spiro atoms. The Balaban J connectivity index is 1.60. The number of pyridine rings is 1. The van der Waals surface area contributed by atoms with E-state index in [2.05, 4.69) is 22.4 Å². The highest BCUT2D eigenvalue weighted by Crippen LogP contribution is 2.45. The van der Waals surface area contributed by atoms with Crippen molar-refractivity contribution in [3.63, 3.8) is 0 Å². The molecule has 1 aliphatic rings. The lowest BCUT2D eigenvalue weighted by Crippen LogP contribution is -2.52. The number of nitrogens with one attached hydrogen (secondary N) is 1. The van der Waals surface area contributed by atoms with Crippen molar-refractivity contribution in [3.05, 3.63) is 106 Å². The molecule has 2 unspecified atom stereocenters. The van der Waals surface area contributed by atoms with Gasteiger partial charge in [-0.3, -0.25) is 0 Å².